The van der Waals surface area contributed by atoms with E-state index in [2.05, 4.69) is 23.6 Å². The highest BCUT2D eigenvalue weighted by Crippen LogP contribution is 2.31. The monoisotopic (exact) mass is 699 g/mol. The van der Waals surface area contributed by atoms with E-state index in [1.165, 1.54) is 37.7 Å². The van der Waals surface area contributed by atoms with E-state index in [0.29, 0.717) is 43.5 Å². The second-order valence-electron chi connectivity index (χ2n) is 14.4. The second-order valence-corrected chi connectivity index (χ2v) is 18.2. The van der Waals surface area contributed by atoms with Crippen molar-refractivity contribution in [1.29, 1.82) is 0 Å². The molecule has 2 aromatic carbocycles. The van der Waals surface area contributed by atoms with Gasteiger partial charge in [-0.15, -0.1) is 0 Å². The first-order valence-electron chi connectivity index (χ1n) is 17.9. The average molecular weight is 700 g/mol. The molecule has 1 aliphatic carbocycles. The fourth-order valence-corrected chi connectivity index (χ4v) is 11.0. The summed E-state index contributed by atoms with van der Waals surface area (Å²) in [5, 5.41) is 0. The first-order chi connectivity index (χ1) is 22.9. The molecule has 0 N–H and O–H groups in total. The van der Waals surface area contributed by atoms with Crippen molar-refractivity contribution in [3.05, 3.63) is 72.3 Å². The van der Waals surface area contributed by atoms with Crippen LogP contribution in [0, 0.1) is 5.92 Å². The fraction of sp³-hybridized carbons (Fsp3) is 0.622. The van der Waals surface area contributed by atoms with E-state index in [9.17, 15) is 16.8 Å². The Kier molecular flexibility index (Phi) is 12.8. The van der Waals surface area contributed by atoms with Crippen molar-refractivity contribution in [2.24, 2.45) is 5.92 Å². The molecular weight excluding hydrogens is 643 g/mol. The summed E-state index contributed by atoms with van der Waals surface area (Å²) < 4.78 is 61.7. The van der Waals surface area contributed by atoms with Crippen LogP contribution >= 0.6 is 0 Å². The van der Waals surface area contributed by atoms with Gasteiger partial charge in [-0.2, -0.15) is 21.3 Å². The van der Waals surface area contributed by atoms with Gasteiger partial charge in [-0.3, -0.25) is 0 Å². The van der Waals surface area contributed by atoms with Crippen molar-refractivity contribution in [2.75, 3.05) is 71.4 Å². The zero-order valence-corrected chi connectivity index (χ0v) is 31.0. The van der Waals surface area contributed by atoms with E-state index in [0.717, 1.165) is 44.6 Å². The van der Waals surface area contributed by atoms with Crippen LogP contribution in [-0.4, -0.2) is 107 Å². The van der Waals surface area contributed by atoms with Gasteiger partial charge < -0.3 is 9.80 Å². The van der Waals surface area contributed by atoms with Crippen LogP contribution in [-0.2, 0) is 20.2 Å². The molecule has 3 fully saturated rings. The first-order valence-corrected chi connectivity index (χ1v) is 20.8. The topological polar surface area (TPSA) is 84.5 Å². The minimum atomic E-state index is -3.87. The van der Waals surface area contributed by atoms with Crippen LogP contribution in [0.2, 0.25) is 0 Å². The van der Waals surface area contributed by atoms with Crippen molar-refractivity contribution < 1.29 is 16.8 Å². The summed E-state index contributed by atoms with van der Waals surface area (Å²) in [5.74, 6) is 0.988. The van der Waals surface area contributed by atoms with Gasteiger partial charge in [-0.05, 0) is 106 Å². The van der Waals surface area contributed by atoms with Gasteiger partial charge >= 0.3 is 0 Å². The lowest BCUT2D eigenvalue weighted by atomic mass is 9.89. The van der Waals surface area contributed by atoms with E-state index >= 15 is 0 Å². The number of anilines is 1. The SMILES string of the molecule is C=C1CN(S(=O)(=O)c2ccc(N(C)C)cc2)C(C)CCN(CC2CCCCC2)CCCN(S(=O)(=O)N2CCC(c3ccccc3)CC2)C1. The van der Waals surface area contributed by atoms with Crippen LogP contribution in [0.1, 0.15) is 76.2 Å². The van der Waals surface area contributed by atoms with Gasteiger partial charge in [-0.25, -0.2) is 8.42 Å². The Morgan fingerprint density at radius 1 is 0.729 bits per heavy atom. The van der Waals surface area contributed by atoms with Crippen LogP contribution in [0.5, 0.6) is 0 Å². The lowest BCUT2D eigenvalue weighted by Gasteiger charge is -2.37. The molecule has 0 amide bonds. The Morgan fingerprint density at radius 3 is 2.04 bits per heavy atom. The molecule has 0 radical (unpaired) electrons. The minimum Gasteiger partial charge on any atom is -0.378 e. The van der Waals surface area contributed by atoms with Crippen LogP contribution < -0.4 is 4.90 Å². The molecule has 1 atom stereocenters. The van der Waals surface area contributed by atoms with Crippen LogP contribution in [0.15, 0.2) is 71.6 Å². The molecule has 2 aromatic rings. The second kappa shape index (κ2) is 16.6. The summed E-state index contributed by atoms with van der Waals surface area (Å²) in [4.78, 5) is 4.65. The van der Waals surface area contributed by atoms with Crippen LogP contribution in [0.25, 0.3) is 0 Å². The molecule has 266 valence electrons. The molecule has 11 heteroatoms. The third-order valence-corrected chi connectivity index (χ3v) is 14.6. The Balaban J connectivity index is 1.37. The standard InChI is InChI=1S/C37H57N5O4S2/c1-31-28-41(48(45,46)40-26-21-35(22-27-40)34-14-9-6-10-15-34)24-11-23-39(30-33-12-7-5-8-13-33)25-20-32(2)42(29-31)47(43,44)37-18-16-36(17-19-37)38(3)4/h6,9-10,14-19,32-33,35H,1,5,7-8,11-13,20-30H2,2-4H3. The first kappa shape index (κ1) is 37.0. The van der Waals surface area contributed by atoms with E-state index in [-0.39, 0.29) is 24.0 Å². The summed E-state index contributed by atoms with van der Waals surface area (Å²) >= 11 is 0. The molecule has 2 heterocycles. The highest BCUT2D eigenvalue weighted by molar-refractivity contribution is 7.89. The van der Waals surface area contributed by atoms with Gasteiger partial charge in [0.2, 0.25) is 10.0 Å². The van der Waals surface area contributed by atoms with Gasteiger partial charge in [0.05, 0.1) is 4.90 Å². The third-order valence-electron chi connectivity index (χ3n) is 10.6. The molecule has 2 saturated heterocycles. The zero-order chi connectivity index (χ0) is 34.3. The lowest BCUT2D eigenvalue weighted by Crippen LogP contribution is -2.49. The molecule has 0 bridgehead atoms. The molecular formula is C37H57N5O4S2. The van der Waals surface area contributed by atoms with E-state index in [4.69, 9.17) is 0 Å². The third kappa shape index (κ3) is 9.28. The maximum atomic E-state index is 14.3. The Morgan fingerprint density at radius 2 is 1.40 bits per heavy atom. The van der Waals surface area contributed by atoms with E-state index < -0.39 is 20.2 Å². The Hall–Kier alpha value is -2.28. The van der Waals surface area contributed by atoms with E-state index in [1.807, 2.05) is 56.3 Å². The normalized spacial score (nSPS) is 23.4. The van der Waals surface area contributed by atoms with E-state index in [1.54, 1.807) is 25.0 Å². The number of hydrogen-bond acceptors (Lipinski definition) is 6. The molecule has 0 spiro atoms. The summed E-state index contributed by atoms with van der Waals surface area (Å²) in [5.41, 5.74) is 2.77. The molecule has 2 aliphatic heterocycles. The number of sulfonamides is 1. The number of hydrogen-bond donors (Lipinski definition) is 0. The zero-order valence-electron chi connectivity index (χ0n) is 29.3. The molecule has 9 nitrogen and oxygen atoms in total. The minimum absolute atomic E-state index is 0.0731. The largest absolute Gasteiger partial charge is 0.378 e. The lowest BCUT2D eigenvalue weighted by molar-refractivity contribution is 0.177. The van der Waals surface area contributed by atoms with Gasteiger partial charge in [0.25, 0.3) is 10.2 Å². The van der Waals surface area contributed by atoms with Crippen LogP contribution in [0.3, 0.4) is 0 Å². The summed E-state index contributed by atoms with van der Waals surface area (Å²) in [7, 11) is -3.79. The maximum Gasteiger partial charge on any atom is 0.282 e. The molecule has 1 unspecified atom stereocenters. The number of benzene rings is 2. The van der Waals surface area contributed by atoms with Gasteiger partial charge in [0, 0.05) is 65.1 Å². The average Bonchev–Trinajstić information content (AvgIpc) is 3.09. The summed E-state index contributed by atoms with van der Waals surface area (Å²) in [6.07, 6.45) is 9.29. The fourth-order valence-electron chi connectivity index (χ4n) is 7.65. The highest BCUT2D eigenvalue weighted by Gasteiger charge is 2.36. The van der Waals surface area contributed by atoms with Crippen molar-refractivity contribution in [3.63, 3.8) is 0 Å². The summed E-state index contributed by atoms with van der Waals surface area (Å²) in [6, 6.07) is 17.1. The van der Waals surface area contributed by atoms with Gasteiger partial charge in [-0.1, -0.05) is 56.2 Å². The maximum absolute atomic E-state index is 14.3. The van der Waals surface area contributed by atoms with Crippen molar-refractivity contribution in [2.45, 2.75) is 81.6 Å². The predicted molar refractivity (Wildman–Crippen MR) is 196 cm³/mol. The Labute approximate surface area is 290 Å². The van der Waals surface area contributed by atoms with Gasteiger partial charge in [0.1, 0.15) is 0 Å². The molecule has 0 aromatic heterocycles. The number of piperidine rings is 1. The number of rotatable bonds is 8. The molecule has 5 rings (SSSR count). The Bertz CT molecular complexity index is 1540. The molecule has 48 heavy (non-hydrogen) atoms. The smallest absolute Gasteiger partial charge is 0.282 e. The predicted octanol–water partition coefficient (Wildman–Crippen LogP) is 5.79. The van der Waals surface area contributed by atoms with Crippen molar-refractivity contribution >= 4 is 25.9 Å². The van der Waals surface area contributed by atoms with Crippen molar-refractivity contribution in [1.82, 2.24) is 17.8 Å². The van der Waals surface area contributed by atoms with Crippen LogP contribution in [0.4, 0.5) is 5.69 Å². The van der Waals surface area contributed by atoms with Crippen molar-refractivity contribution in [3.8, 4) is 0 Å². The quantitative estimate of drug-likeness (QED) is 0.325. The van der Waals surface area contributed by atoms with Gasteiger partial charge in [0.15, 0.2) is 0 Å². The number of nitrogens with zero attached hydrogens (tertiary/aromatic N) is 5. The highest BCUT2D eigenvalue weighted by atomic mass is 32.2. The summed E-state index contributed by atoms with van der Waals surface area (Å²) in [6.45, 7) is 10.3. The molecule has 3 aliphatic rings. The molecule has 1 saturated carbocycles.